The molecular formula is C123H222N4O10. The number of Topliss-reactive ketones (excluding diaryl/α,β-unsaturated/α-hetero) is 5. The van der Waals surface area contributed by atoms with Crippen molar-refractivity contribution >= 4 is 46.4 Å². The van der Waals surface area contributed by atoms with Gasteiger partial charge in [0.05, 0.1) is 26.4 Å². The molecule has 2 amide bonds. The maximum atomic E-state index is 11.4. The number of nitrogens with one attached hydrogen (secondary N) is 2. The van der Waals surface area contributed by atoms with E-state index in [0.29, 0.717) is 86.8 Å². The summed E-state index contributed by atoms with van der Waals surface area (Å²) in [7, 11) is 3.10. The van der Waals surface area contributed by atoms with Gasteiger partial charge >= 0.3 is 0 Å². The lowest BCUT2D eigenvalue weighted by atomic mass is 10.0. The minimum atomic E-state index is 0.00463. The minimum Gasteiger partial charge on any atom is -0.379 e. The van der Waals surface area contributed by atoms with Crippen LogP contribution < -0.4 is 22.1 Å². The first kappa shape index (κ1) is 152. The normalized spacial score (nSPS) is 9.85. The quantitative estimate of drug-likeness (QED) is 0.0263. The van der Waals surface area contributed by atoms with Crippen molar-refractivity contribution in [2.75, 3.05) is 65.6 Å². The number of anilines is 1. The molecule has 14 heteroatoms. The van der Waals surface area contributed by atoms with Gasteiger partial charge in [-0.25, -0.2) is 0 Å². The first-order valence-electron chi connectivity index (χ1n) is 52.7. The monoisotopic (exact) mass is 1920 g/mol. The summed E-state index contributed by atoms with van der Waals surface area (Å²) in [6.07, 6.45) is 21.6. The van der Waals surface area contributed by atoms with Crippen molar-refractivity contribution < 1.29 is 47.8 Å². The zero-order valence-corrected chi connectivity index (χ0v) is 96.4. The molecule has 6 aromatic carbocycles. The molecule has 0 saturated heterocycles. The van der Waals surface area contributed by atoms with Gasteiger partial charge in [0.25, 0.3) is 0 Å². The molecule has 0 aliphatic carbocycles. The first-order valence-corrected chi connectivity index (χ1v) is 52.7. The van der Waals surface area contributed by atoms with Gasteiger partial charge in [-0.1, -0.05) is 430 Å². The van der Waals surface area contributed by atoms with Crippen LogP contribution in [0.4, 0.5) is 5.69 Å². The van der Waals surface area contributed by atoms with Gasteiger partial charge in [0, 0.05) is 77.8 Å². The molecule has 0 bridgehead atoms. The average Bonchev–Trinajstić information content (AvgIpc) is 0.973. The fraction of sp³-hybridized carbons (Fsp3) is 0.650. The van der Waals surface area contributed by atoms with Crippen molar-refractivity contribution in [3.8, 4) is 0 Å². The summed E-state index contributed by atoms with van der Waals surface area (Å²) in [4.78, 5) is 73.4. The van der Waals surface area contributed by atoms with E-state index in [2.05, 4.69) is 316 Å². The molecule has 0 spiro atoms. The molecule has 0 aliphatic rings. The summed E-state index contributed by atoms with van der Waals surface area (Å²) < 4.78 is 15.9. The van der Waals surface area contributed by atoms with Gasteiger partial charge in [0.15, 0.2) is 0 Å². The van der Waals surface area contributed by atoms with Crippen LogP contribution in [0, 0.1) is 76.9 Å². The maximum Gasteiger partial charge on any atom is 0.224 e. The molecule has 14 nitrogen and oxygen atoms in total. The van der Waals surface area contributed by atoms with Crippen molar-refractivity contribution in [2.24, 2.45) is 88.4 Å². The van der Waals surface area contributed by atoms with E-state index in [0.717, 1.165) is 124 Å². The number of nitrogens with two attached hydrogens (primary N) is 2. The van der Waals surface area contributed by atoms with Crippen molar-refractivity contribution in [1.82, 2.24) is 5.32 Å². The van der Waals surface area contributed by atoms with Gasteiger partial charge in [-0.2, -0.15) is 0 Å². The molecule has 0 fully saturated rings. The van der Waals surface area contributed by atoms with Crippen LogP contribution in [0.25, 0.3) is 0 Å². The average molecular weight is 1920 g/mol. The third kappa shape index (κ3) is 165. The molecule has 794 valence electrons. The lowest BCUT2D eigenvalue weighted by molar-refractivity contribution is -0.120. The predicted molar refractivity (Wildman–Crippen MR) is 606 cm³/mol. The number of rotatable bonds is 41. The molecule has 0 heterocycles. The lowest BCUT2D eigenvalue weighted by Crippen LogP contribution is -2.13. The number of hydrogen-bond acceptors (Lipinski definition) is 12. The smallest absolute Gasteiger partial charge is 0.224 e. The van der Waals surface area contributed by atoms with Crippen molar-refractivity contribution in [2.45, 2.75) is 391 Å². The molecule has 0 saturated carbocycles. The number of ketones is 5. The van der Waals surface area contributed by atoms with E-state index < -0.39 is 0 Å². The van der Waals surface area contributed by atoms with Gasteiger partial charge in [0.1, 0.15) is 28.9 Å². The Hall–Kier alpha value is -7.59. The van der Waals surface area contributed by atoms with Gasteiger partial charge in [-0.15, -0.1) is 0 Å². The van der Waals surface area contributed by atoms with E-state index in [1.807, 2.05) is 104 Å². The molecule has 6 N–H and O–H groups in total. The SMILES string of the molecule is CC(=O)CC(C)C.CC(=O)CC(C)C.CC(=O)CCCC(C)C.CC(C)CC(=O)CCc1ccccc1.CC(C)CC(=O)Nc1ccccc1.CC(C)Cc1ccccc1.CC(C)Cc1ccccc1.CC(C)Cc1ccccc1.CC(C)Cc1ccccc1.CCC(C)C.CCCC(C)=O.CCCC(C)C.CCCC(C)C.CCCOCCOCCOCC(C)C.CCN.CN.CNC(C)=O. The molecule has 6 rings (SSSR count). The number of benzene rings is 6. The van der Waals surface area contributed by atoms with E-state index in [4.69, 9.17) is 19.9 Å². The zero-order chi connectivity index (χ0) is 108. The standard InChI is InChI=1S/C13H18O.C11H15NO.C11H24O3.4C10H14.C8H16O.2C6H12O.2C6H14.C5H10O.C5H12.C3H7NO.C2H7N.CH5N/c1-11(2)10-13(14)9-8-12-6-4-3-5-7-12;1-9(2)8-11(13)12-10-6-4-3-5-7-10;1-4-5-12-6-7-13-8-9-14-10-11(2)3;4*1-9(2)8-10-6-4-3-5-7-10;1-7(2)5-4-6-8(3)9;2*1-5(2)4-6(3)7;2*1-4-5-6(2)3;1-3-4-5(2)6;1-4-5(2)3;1-3(5)4-2;1-2-3;1-2/h3-7,11H,8-10H2,1-2H3;3-7,9H,8H2,1-2H3,(H,12,13);11H,4-10H2,1-3H3;4*3-7,9H,8H2,1-2H3;7H,4-6H2,1-3H3;2*5H,4H2,1-3H3;2*6H,4-5H2,1-3H3;3-4H2,1-2H3;5H,4H2,1-3H3;1-2H3,(H,4,5);2-3H2,1H3;2H2,1H3. The predicted octanol–water partition coefficient (Wildman–Crippen LogP) is 32.8. The van der Waals surface area contributed by atoms with Gasteiger partial charge in [0.2, 0.25) is 11.8 Å². The van der Waals surface area contributed by atoms with Crippen molar-refractivity contribution in [3.05, 3.63) is 210 Å². The molecule has 0 atom stereocenters. The maximum absolute atomic E-state index is 11.4. The Labute approximate surface area is 849 Å². The van der Waals surface area contributed by atoms with Gasteiger partial charge in [-0.05, 0) is 210 Å². The lowest BCUT2D eigenvalue weighted by Gasteiger charge is -2.07. The third-order valence-corrected chi connectivity index (χ3v) is 17.5. The first-order chi connectivity index (χ1) is 64.4. The minimum absolute atomic E-state index is 0.00463. The second-order valence-electron chi connectivity index (χ2n) is 40.1. The summed E-state index contributed by atoms with van der Waals surface area (Å²) in [5.74, 6) is 10.7. The van der Waals surface area contributed by atoms with Crippen molar-refractivity contribution in [1.29, 1.82) is 0 Å². The highest BCUT2D eigenvalue weighted by Gasteiger charge is 2.07. The van der Waals surface area contributed by atoms with Crippen LogP contribution in [0.1, 0.15) is 387 Å². The Morgan fingerprint density at radius 2 is 0.562 bits per heavy atom. The van der Waals surface area contributed by atoms with Crippen molar-refractivity contribution in [3.63, 3.8) is 0 Å². The summed E-state index contributed by atoms with van der Waals surface area (Å²) in [5, 5.41) is 5.22. The highest BCUT2D eigenvalue weighted by Crippen LogP contribution is 2.14. The van der Waals surface area contributed by atoms with Crippen LogP contribution in [0.2, 0.25) is 0 Å². The van der Waals surface area contributed by atoms with E-state index in [9.17, 15) is 33.6 Å². The Bertz CT molecular complexity index is 3180. The van der Waals surface area contributed by atoms with Gasteiger partial charge < -0.3 is 55.5 Å². The Morgan fingerprint density at radius 1 is 0.292 bits per heavy atom. The fourth-order valence-corrected chi connectivity index (χ4v) is 11.3. The fourth-order valence-electron chi connectivity index (χ4n) is 11.3. The van der Waals surface area contributed by atoms with Crippen LogP contribution in [0.3, 0.4) is 0 Å². The van der Waals surface area contributed by atoms with Gasteiger partial charge in [-0.3, -0.25) is 14.4 Å². The number of amides is 2. The molecule has 0 radical (unpaired) electrons. The topological polar surface area (TPSA) is 223 Å². The molecule has 6 aromatic rings. The molecular weight excluding hydrogens is 1690 g/mol. The number of para-hydroxylation sites is 1. The number of carbonyl (C=O) groups is 7. The number of hydrogen-bond donors (Lipinski definition) is 4. The number of aryl methyl sites for hydroxylation is 1. The van der Waals surface area contributed by atoms with E-state index in [-0.39, 0.29) is 29.2 Å². The van der Waals surface area contributed by atoms with Crippen LogP contribution in [-0.2, 0) is 79.9 Å². The Kier molecular flexibility index (Phi) is 130. The Balaban J connectivity index is -0.000000139. The second kappa shape index (κ2) is 117. The molecule has 0 unspecified atom stereocenters. The zero-order valence-electron chi connectivity index (χ0n) is 96.4. The highest BCUT2D eigenvalue weighted by atomic mass is 16.5. The Morgan fingerprint density at radius 3 is 0.759 bits per heavy atom. The van der Waals surface area contributed by atoms with Crippen LogP contribution in [0.5, 0.6) is 0 Å². The highest BCUT2D eigenvalue weighted by molar-refractivity contribution is 5.90. The van der Waals surface area contributed by atoms with E-state index in [1.54, 1.807) is 34.7 Å². The molecule has 137 heavy (non-hydrogen) atoms. The molecule has 0 aromatic heterocycles. The van der Waals surface area contributed by atoms with E-state index in [1.165, 1.54) is 106 Å². The molecule has 0 aliphatic heterocycles. The summed E-state index contributed by atoms with van der Waals surface area (Å²) >= 11 is 0. The third-order valence-electron chi connectivity index (χ3n) is 17.5. The number of carbonyl (C=O) groups excluding carboxylic acids is 7. The van der Waals surface area contributed by atoms with Crippen LogP contribution >= 0.6 is 0 Å². The van der Waals surface area contributed by atoms with Crippen LogP contribution in [0.15, 0.2) is 182 Å². The number of ether oxygens (including phenoxy) is 3. The second-order valence-corrected chi connectivity index (χ2v) is 40.1. The van der Waals surface area contributed by atoms with E-state index >= 15 is 0 Å². The summed E-state index contributed by atoms with van der Waals surface area (Å²) in [6.45, 7) is 82.2. The summed E-state index contributed by atoms with van der Waals surface area (Å²) in [5.41, 5.74) is 17.2. The van der Waals surface area contributed by atoms with Crippen LogP contribution in [-0.4, -0.2) is 101 Å². The summed E-state index contributed by atoms with van der Waals surface area (Å²) in [6, 6.07) is 62.1. The largest absolute Gasteiger partial charge is 0.379 e.